The molecule has 0 saturated heterocycles. The summed E-state index contributed by atoms with van der Waals surface area (Å²) in [6.07, 6.45) is -2.79. The summed E-state index contributed by atoms with van der Waals surface area (Å²) < 4.78 is 36.5. The fraction of sp³-hybridized carbons (Fsp3) is 0.182. The van der Waals surface area contributed by atoms with Crippen molar-refractivity contribution in [1.29, 1.82) is 5.26 Å². The number of allylic oxidation sites excluding steroid dienone is 1. The molecule has 1 nitrogen and oxygen atoms in total. The molecule has 0 aliphatic carbocycles. The number of rotatable bonds is 1. The van der Waals surface area contributed by atoms with Gasteiger partial charge in [0.15, 0.2) is 0 Å². The molecule has 4 heteroatoms. The van der Waals surface area contributed by atoms with E-state index in [2.05, 4.69) is 0 Å². The lowest BCUT2D eigenvalue weighted by molar-refractivity contribution is -0.137. The molecule has 0 radical (unpaired) electrons. The van der Waals surface area contributed by atoms with E-state index in [9.17, 15) is 13.2 Å². The normalized spacial score (nSPS) is 12.3. The third kappa shape index (κ3) is 3.13. The minimum atomic E-state index is -4.31. The van der Waals surface area contributed by atoms with Gasteiger partial charge in [-0.2, -0.15) is 18.4 Å². The molecule has 0 amide bonds. The van der Waals surface area contributed by atoms with Crippen molar-refractivity contribution in [3.05, 3.63) is 41.0 Å². The van der Waals surface area contributed by atoms with Gasteiger partial charge in [0.05, 0.1) is 11.6 Å². The standard InChI is InChI=1S/C11H8F3N/c1-8(7-15)6-9-2-4-10(5-3-9)11(12,13)14/h2-6H,1H3/b8-6+. The first-order valence-electron chi connectivity index (χ1n) is 4.19. The summed E-state index contributed by atoms with van der Waals surface area (Å²) in [6, 6.07) is 6.56. The van der Waals surface area contributed by atoms with Gasteiger partial charge in [-0.25, -0.2) is 0 Å². The molecule has 0 aromatic heterocycles. The highest BCUT2D eigenvalue weighted by molar-refractivity contribution is 5.56. The van der Waals surface area contributed by atoms with Crippen LogP contribution in [0.15, 0.2) is 29.8 Å². The van der Waals surface area contributed by atoms with Gasteiger partial charge in [-0.05, 0) is 30.7 Å². The summed E-state index contributed by atoms with van der Waals surface area (Å²) in [4.78, 5) is 0. The number of nitriles is 1. The van der Waals surface area contributed by atoms with Crippen LogP contribution in [-0.2, 0) is 6.18 Å². The lowest BCUT2D eigenvalue weighted by Crippen LogP contribution is -2.03. The highest BCUT2D eigenvalue weighted by atomic mass is 19.4. The largest absolute Gasteiger partial charge is 0.416 e. The van der Waals surface area contributed by atoms with Crippen LogP contribution in [-0.4, -0.2) is 0 Å². The Labute approximate surface area is 85.5 Å². The maximum Gasteiger partial charge on any atom is 0.416 e. The number of benzene rings is 1. The van der Waals surface area contributed by atoms with Crippen LogP contribution >= 0.6 is 0 Å². The first-order valence-corrected chi connectivity index (χ1v) is 4.19. The Morgan fingerprint density at radius 1 is 1.27 bits per heavy atom. The molecule has 1 rings (SSSR count). The topological polar surface area (TPSA) is 23.8 Å². The average molecular weight is 211 g/mol. The van der Waals surface area contributed by atoms with Crippen molar-refractivity contribution in [2.24, 2.45) is 0 Å². The highest BCUT2D eigenvalue weighted by Crippen LogP contribution is 2.29. The monoisotopic (exact) mass is 211 g/mol. The molecule has 15 heavy (non-hydrogen) atoms. The lowest BCUT2D eigenvalue weighted by atomic mass is 10.1. The predicted molar refractivity (Wildman–Crippen MR) is 50.7 cm³/mol. The lowest BCUT2D eigenvalue weighted by Gasteiger charge is -2.05. The van der Waals surface area contributed by atoms with Crippen molar-refractivity contribution in [3.8, 4) is 6.07 Å². The molecular formula is C11H8F3N. The first-order chi connectivity index (χ1) is 6.93. The molecule has 0 bridgehead atoms. The van der Waals surface area contributed by atoms with Crippen molar-refractivity contribution in [2.75, 3.05) is 0 Å². The van der Waals surface area contributed by atoms with Crippen molar-refractivity contribution in [3.63, 3.8) is 0 Å². The van der Waals surface area contributed by atoms with Crippen molar-refractivity contribution in [2.45, 2.75) is 13.1 Å². The average Bonchev–Trinajstić information content (AvgIpc) is 2.17. The number of halogens is 3. The maximum atomic E-state index is 12.2. The Morgan fingerprint density at radius 2 is 1.80 bits per heavy atom. The fourth-order valence-corrected chi connectivity index (χ4v) is 1.05. The van der Waals surface area contributed by atoms with Gasteiger partial charge in [0, 0.05) is 5.57 Å². The molecule has 0 atom stereocenters. The molecule has 0 fully saturated rings. The Kier molecular flexibility index (Phi) is 3.15. The van der Waals surface area contributed by atoms with Gasteiger partial charge < -0.3 is 0 Å². The molecule has 1 aromatic carbocycles. The van der Waals surface area contributed by atoms with E-state index in [4.69, 9.17) is 5.26 Å². The Balaban J connectivity index is 2.97. The molecular weight excluding hydrogens is 203 g/mol. The molecule has 1 aromatic rings. The summed E-state index contributed by atoms with van der Waals surface area (Å²) in [5.74, 6) is 0. The van der Waals surface area contributed by atoms with E-state index in [1.165, 1.54) is 18.2 Å². The second kappa shape index (κ2) is 4.18. The van der Waals surface area contributed by atoms with E-state index >= 15 is 0 Å². The van der Waals surface area contributed by atoms with Crippen LogP contribution < -0.4 is 0 Å². The first kappa shape index (κ1) is 11.3. The number of hydrogen-bond acceptors (Lipinski definition) is 1. The van der Waals surface area contributed by atoms with E-state index in [1.807, 2.05) is 6.07 Å². The van der Waals surface area contributed by atoms with Gasteiger partial charge in [-0.15, -0.1) is 0 Å². The molecule has 0 spiro atoms. The summed E-state index contributed by atoms with van der Waals surface area (Å²) in [6.45, 7) is 1.59. The van der Waals surface area contributed by atoms with Crippen LogP contribution in [0.2, 0.25) is 0 Å². The van der Waals surface area contributed by atoms with E-state index in [1.54, 1.807) is 6.92 Å². The molecule has 0 unspecified atom stereocenters. The number of hydrogen-bond donors (Lipinski definition) is 0. The van der Waals surface area contributed by atoms with Crippen molar-refractivity contribution >= 4 is 6.08 Å². The summed E-state index contributed by atoms with van der Waals surface area (Å²) >= 11 is 0. The molecule has 0 aliphatic rings. The van der Waals surface area contributed by atoms with Crippen molar-refractivity contribution in [1.82, 2.24) is 0 Å². The zero-order valence-corrected chi connectivity index (χ0v) is 7.97. The van der Waals surface area contributed by atoms with E-state index in [0.717, 1.165) is 12.1 Å². The molecule has 0 saturated carbocycles. The molecule has 0 heterocycles. The van der Waals surface area contributed by atoms with Gasteiger partial charge in [0.2, 0.25) is 0 Å². The molecule has 0 N–H and O–H groups in total. The minimum absolute atomic E-state index is 0.453. The Morgan fingerprint density at radius 3 is 2.20 bits per heavy atom. The second-order valence-electron chi connectivity index (χ2n) is 3.06. The van der Waals surface area contributed by atoms with Gasteiger partial charge >= 0.3 is 6.18 Å². The fourth-order valence-electron chi connectivity index (χ4n) is 1.05. The van der Waals surface area contributed by atoms with Crippen LogP contribution in [0.25, 0.3) is 6.08 Å². The van der Waals surface area contributed by atoms with Crippen molar-refractivity contribution < 1.29 is 13.2 Å². The quantitative estimate of drug-likeness (QED) is 0.650. The zero-order chi connectivity index (χ0) is 11.5. The van der Waals surface area contributed by atoms with Gasteiger partial charge in [-0.1, -0.05) is 12.1 Å². The third-order valence-corrected chi connectivity index (χ3v) is 1.80. The van der Waals surface area contributed by atoms with Crippen LogP contribution in [0.4, 0.5) is 13.2 Å². The van der Waals surface area contributed by atoms with Crippen LogP contribution in [0.5, 0.6) is 0 Å². The van der Waals surface area contributed by atoms with Gasteiger partial charge in [0.1, 0.15) is 0 Å². The summed E-state index contributed by atoms with van der Waals surface area (Å²) in [5.41, 5.74) is 0.353. The maximum absolute atomic E-state index is 12.2. The van der Waals surface area contributed by atoms with Crippen LogP contribution in [0.1, 0.15) is 18.1 Å². The minimum Gasteiger partial charge on any atom is -0.193 e. The van der Waals surface area contributed by atoms with Gasteiger partial charge in [-0.3, -0.25) is 0 Å². The van der Waals surface area contributed by atoms with E-state index in [-0.39, 0.29) is 0 Å². The Hall–Kier alpha value is -1.76. The molecule has 0 aliphatic heterocycles. The third-order valence-electron chi connectivity index (χ3n) is 1.80. The molecule has 78 valence electrons. The van der Waals surface area contributed by atoms with Gasteiger partial charge in [0.25, 0.3) is 0 Å². The summed E-state index contributed by atoms with van der Waals surface area (Å²) in [5, 5.41) is 8.48. The zero-order valence-electron chi connectivity index (χ0n) is 7.97. The summed E-state index contributed by atoms with van der Waals surface area (Å²) in [7, 11) is 0. The Bertz CT molecular complexity index is 407. The number of nitrogens with zero attached hydrogens (tertiary/aromatic N) is 1. The SMILES string of the molecule is C/C(C#N)=C\c1ccc(C(F)(F)F)cc1. The van der Waals surface area contributed by atoms with E-state index < -0.39 is 11.7 Å². The predicted octanol–water partition coefficient (Wildman–Crippen LogP) is 3.63. The highest BCUT2D eigenvalue weighted by Gasteiger charge is 2.29. The number of alkyl halides is 3. The van der Waals surface area contributed by atoms with Crippen LogP contribution in [0, 0.1) is 11.3 Å². The smallest absolute Gasteiger partial charge is 0.193 e. The van der Waals surface area contributed by atoms with Crippen LogP contribution in [0.3, 0.4) is 0 Å². The second-order valence-corrected chi connectivity index (χ2v) is 3.06. The van der Waals surface area contributed by atoms with E-state index in [0.29, 0.717) is 11.1 Å².